The van der Waals surface area contributed by atoms with Crippen molar-refractivity contribution in [3.63, 3.8) is 0 Å². The second-order valence-electron chi connectivity index (χ2n) is 9.29. The smallest absolute Gasteiger partial charge is 0.274 e. The SMILES string of the molecule is CC1CN(c2ncc(-c3ccc4c(=O)n(C)[nH]c4c3)cn2)CCN1C(=O)COC(C)(C)C. The van der Waals surface area contributed by atoms with Crippen LogP contribution >= 0.6 is 0 Å². The zero-order valence-electron chi connectivity index (χ0n) is 19.3. The highest BCUT2D eigenvalue weighted by molar-refractivity contribution is 5.83. The van der Waals surface area contributed by atoms with E-state index in [1.165, 1.54) is 4.68 Å². The van der Waals surface area contributed by atoms with E-state index in [2.05, 4.69) is 20.0 Å². The van der Waals surface area contributed by atoms with Crippen LogP contribution in [-0.4, -0.2) is 68.4 Å². The van der Waals surface area contributed by atoms with Crippen molar-refractivity contribution in [1.82, 2.24) is 24.6 Å². The summed E-state index contributed by atoms with van der Waals surface area (Å²) in [6, 6.07) is 5.70. The minimum Gasteiger partial charge on any atom is -0.366 e. The Labute approximate surface area is 187 Å². The molecule has 1 N–H and O–H groups in total. The van der Waals surface area contributed by atoms with Gasteiger partial charge in [-0.15, -0.1) is 0 Å². The number of anilines is 1. The third-order valence-electron chi connectivity index (χ3n) is 5.67. The number of ether oxygens (including phenoxy) is 1. The van der Waals surface area contributed by atoms with E-state index in [-0.39, 0.29) is 29.7 Å². The number of hydrogen-bond donors (Lipinski definition) is 1. The first kappa shape index (κ1) is 22.0. The Morgan fingerprint density at radius 2 is 1.91 bits per heavy atom. The number of benzene rings is 1. The summed E-state index contributed by atoms with van der Waals surface area (Å²) in [5, 5.41) is 3.70. The summed E-state index contributed by atoms with van der Waals surface area (Å²) in [4.78, 5) is 37.7. The topological polar surface area (TPSA) is 96.4 Å². The van der Waals surface area contributed by atoms with E-state index in [1.54, 1.807) is 19.4 Å². The minimum absolute atomic E-state index is 0.0117. The molecule has 0 saturated carbocycles. The molecule has 170 valence electrons. The predicted octanol–water partition coefficient (Wildman–Crippen LogP) is 2.18. The minimum atomic E-state index is -0.337. The molecule has 2 aromatic heterocycles. The third-order valence-corrected chi connectivity index (χ3v) is 5.67. The number of amides is 1. The van der Waals surface area contributed by atoms with Crippen molar-refractivity contribution >= 4 is 22.8 Å². The molecule has 0 radical (unpaired) electrons. The van der Waals surface area contributed by atoms with E-state index in [1.807, 2.05) is 50.8 Å². The van der Waals surface area contributed by atoms with Crippen molar-refractivity contribution in [2.75, 3.05) is 31.1 Å². The van der Waals surface area contributed by atoms with Gasteiger partial charge in [-0.05, 0) is 45.4 Å². The van der Waals surface area contributed by atoms with E-state index in [4.69, 9.17) is 4.74 Å². The van der Waals surface area contributed by atoms with Gasteiger partial charge in [0.25, 0.3) is 5.56 Å². The molecule has 0 aliphatic carbocycles. The molecule has 1 aromatic carbocycles. The van der Waals surface area contributed by atoms with Gasteiger partial charge in [0.05, 0.1) is 16.5 Å². The number of carbonyl (C=O) groups excluding carboxylic acids is 1. The Hall–Kier alpha value is -3.20. The number of carbonyl (C=O) groups is 1. The van der Waals surface area contributed by atoms with Gasteiger partial charge in [0, 0.05) is 50.7 Å². The molecule has 3 heterocycles. The van der Waals surface area contributed by atoms with Crippen molar-refractivity contribution in [2.24, 2.45) is 7.05 Å². The van der Waals surface area contributed by atoms with Crippen molar-refractivity contribution in [3.05, 3.63) is 40.9 Å². The van der Waals surface area contributed by atoms with Gasteiger partial charge in [-0.3, -0.25) is 19.4 Å². The van der Waals surface area contributed by atoms with Gasteiger partial charge in [0.1, 0.15) is 6.61 Å². The molecule has 1 aliphatic heterocycles. The lowest BCUT2D eigenvalue weighted by atomic mass is 10.1. The van der Waals surface area contributed by atoms with Crippen LogP contribution in [0.2, 0.25) is 0 Å². The number of rotatable bonds is 4. The first-order chi connectivity index (χ1) is 15.1. The lowest BCUT2D eigenvalue weighted by Gasteiger charge is -2.40. The van der Waals surface area contributed by atoms with Crippen LogP contribution in [0.5, 0.6) is 0 Å². The van der Waals surface area contributed by atoms with Crippen LogP contribution in [0, 0.1) is 0 Å². The first-order valence-corrected chi connectivity index (χ1v) is 10.8. The fourth-order valence-electron chi connectivity index (χ4n) is 3.92. The summed E-state index contributed by atoms with van der Waals surface area (Å²) in [5.41, 5.74) is 2.21. The number of H-pyrrole nitrogens is 1. The zero-order chi connectivity index (χ0) is 23.0. The summed E-state index contributed by atoms with van der Waals surface area (Å²) < 4.78 is 7.11. The number of piperazine rings is 1. The van der Waals surface area contributed by atoms with Crippen LogP contribution in [-0.2, 0) is 16.6 Å². The number of nitrogens with one attached hydrogen (secondary N) is 1. The molecule has 9 heteroatoms. The second kappa shape index (κ2) is 8.38. The molecule has 1 atom stereocenters. The molecule has 1 saturated heterocycles. The average Bonchev–Trinajstić information content (AvgIpc) is 3.04. The fourth-order valence-corrected chi connectivity index (χ4v) is 3.92. The quantitative estimate of drug-likeness (QED) is 0.671. The number of nitrogens with zero attached hydrogens (tertiary/aromatic N) is 5. The van der Waals surface area contributed by atoms with Crippen molar-refractivity contribution in [1.29, 1.82) is 0 Å². The van der Waals surface area contributed by atoms with E-state index in [9.17, 15) is 9.59 Å². The summed E-state index contributed by atoms with van der Waals surface area (Å²) in [7, 11) is 1.70. The van der Waals surface area contributed by atoms with Crippen molar-refractivity contribution in [2.45, 2.75) is 39.3 Å². The standard InChI is InChI=1S/C23H30N6O3/c1-15-13-28(8-9-29(15)20(30)14-32-23(2,3)4)22-24-11-17(12-25-22)16-6-7-18-19(10-16)26-27(5)21(18)31/h6-7,10-12,15,26H,8-9,13-14H2,1-5H3. The molecule has 1 fully saturated rings. The summed E-state index contributed by atoms with van der Waals surface area (Å²) >= 11 is 0. The monoisotopic (exact) mass is 438 g/mol. The second-order valence-corrected chi connectivity index (χ2v) is 9.29. The Balaban J connectivity index is 1.43. The molecule has 3 aromatic rings. The maximum atomic E-state index is 12.5. The number of hydrogen-bond acceptors (Lipinski definition) is 6. The Bertz CT molecular complexity index is 1180. The molecular weight excluding hydrogens is 408 g/mol. The van der Waals surface area contributed by atoms with E-state index in [0.29, 0.717) is 31.0 Å². The lowest BCUT2D eigenvalue weighted by Crippen LogP contribution is -2.55. The van der Waals surface area contributed by atoms with Gasteiger partial charge in [-0.2, -0.15) is 0 Å². The molecule has 1 aliphatic rings. The molecule has 1 amide bonds. The van der Waals surface area contributed by atoms with E-state index in [0.717, 1.165) is 16.6 Å². The zero-order valence-corrected chi connectivity index (χ0v) is 19.3. The maximum Gasteiger partial charge on any atom is 0.274 e. The van der Waals surface area contributed by atoms with Crippen LogP contribution in [0.1, 0.15) is 27.7 Å². The van der Waals surface area contributed by atoms with E-state index < -0.39 is 0 Å². The van der Waals surface area contributed by atoms with Crippen LogP contribution in [0.4, 0.5) is 5.95 Å². The summed E-state index contributed by atoms with van der Waals surface area (Å²) in [6.07, 6.45) is 3.59. The highest BCUT2D eigenvalue weighted by Gasteiger charge is 2.29. The molecule has 4 rings (SSSR count). The van der Waals surface area contributed by atoms with Gasteiger partial charge in [0.2, 0.25) is 11.9 Å². The summed E-state index contributed by atoms with van der Waals surface area (Å²) in [5.74, 6) is 0.658. The van der Waals surface area contributed by atoms with Gasteiger partial charge < -0.3 is 14.5 Å². The van der Waals surface area contributed by atoms with Gasteiger partial charge in [-0.1, -0.05) is 6.07 Å². The number of aromatic nitrogens is 4. The molecule has 9 nitrogen and oxygen atoms in total. The number of aromatic amines is 1. The first-order valence-electron chi connectivity index (χ1n) is 10.8. The van der Waals surface area contributed by atoms with Gasteiger partial charge in [-0.25, -0.2) is 9.97 Å². The van der Waals surface area contributed by atoms with Crippen LogP contribution in [0.15, 0.2) is 35.4 Å². The van der Waals surface area contributed by atoms with Crippen molar-refractivity contribution in [3.8, 4) is 11.1 Å². The van der Waals surface area contributed by atoms with Gasteiger partial charge >= 0.3 is 0 Å². The Morgan fingerprint density at radius 3 is 2.56 bits per heavy atom. The number of aryl methyl sites for hydroxylation is 1. The highest BCUT2D eigenvalue weighted by atomic mass is 16.5. The van der Waals surface area contributed by atoms with Crippen LogP contribution < -0.4 is 10.5 Å². The lowest BCUT2D eigenvalue weighted by molar-refractivity contribution is -0.143. The Morgan fingerprint density at radius 1 is 1.19 bits per heavy atom. The summed E-state index contributed by atoms with van der Waals surface area (Å²) in [6.45, 7) is 9.90. The largest absolute Gasteiger partial charge is 0.366 e. The molecule has 0 spiro atoms. The predicted molar refractivity (Wildman–Crippen MR) is 124 cm³/mol. The molecular formula is C23H30N6O3. The molecule has 1 unspecified atom stereocenters. The van der Waals surface area contributed by atoms with Gasteiger partial charge in [0.15, 0.2) is 0 Å². The van der Waals surface area contributed by atoms with E-state index >= 15 is 0 Å². The average molecular weight is 439 g/mol. The molecule has 32 heavy (non-hydrogen) atoms. The number of fused-ring (bicyclic) bond motifs is 1. The van der Waals surface area contributed by atoms with Crippen LogP contribution in [0.3, 0.4) is 0 Å². The van der Waals surface area contributed by atoms with Crippen LogP contribution in [0.25, 0.3) is 22.0 Å². The van der Waals surface area contributed by atoms with Crippen molar-refractivity contribution < 1.29 is 9.53 Å². The normalized spacial score (nSPS) is 17.2. The molecule has 0 bridgehead atoms. The third kappa shape index (κ3) is 4.52. The Kier molecular flexibility index (Phi) is 5.77. The maximum absolute atomic E-state index is 12.5. The highest BCUT2D eigenvalue weighted by Crippen LogP contribution is 2.23. The fraction of sp³-hybridized carbons (Fsp3) is 0.478.